The molecule has 2 aliphatic rings. The maximum absolute atomic E-state index is 9.07. The van der Waals surface area contributed by atoms with Gasteiger partial charge in [-0.25, -0.2) is 0 Å². The number of aliphatic hydroxyl groups is 1. The van der Waals surface area contributed by atoms with Crippen molar-refractivity contribution in [3.05, 3.63) is 60.7 Å². The number of ether oxygens (including phenoxy) is 1. The summed E-state index contributed by atoms with van der Waals surface area (Å²) in [7, 11) is -0.363. The minimum Gasteiger partial charge on any atom is -0.394 e. The average molecular weight is 340 g/mol. The molecule has 2 saturated carbocycles. The molecule has 1 unspecified atom stereocenters. The molecule has 2 aromatic carbocycles. The summed E-state index contributed by atoms with van der Waals surface area (Å²) in [6, 6.07) is 22.1. The monoisotopic (exact) mass is 340 g/mol. The largest absolute Gasteiger partial charge is 0.394 e. The highest BCUT2D eigenvalue weighted by Crippen LogP contribution is 2.79. The zero-order valence-corrected chi connectivity index (χ0v) is 15.0. The molecule has 126 valence electrons. The minimum atomic E-state index is -0.363. The number of fused-ring (bicyclic) bond motifs is 1. The number of hydrogen-bond donors (Lipinski definition) is 1. The van der Waals surface area contributed by atoms with E-state index >= 15 is 0 Å². The van der Waals surface area contributed by atoms with Crippen LogP contribution in [-0.4, -0.2) is 29.6 Å². The van der Waals surface area contributed by atoms with Crippen LogP contribution in [0.1, 0.15) is 19.8 Å². The molecule has 1 N–H and O–H groups in total. The van der Waals surface area contributed by atoms with Gasteiger partial charge in [0, 0.05) is 5.16 Å². The lowest BCUT2D eigenvalue weighted by molar-refractivity contribution is -0.0157. The summed E-state index contributed by atoms with van der Waals surface area (Å²) in [6.07, 6.45) is 2.85. The van der Waals surface area contributed by atoms with Gasteiger partial charge in [0.05, 0.1) is 19.3 Å². The predicted molar refractivity (Wildman–Crippen MR) is 101 cm³/mol. The Kier molecular flexibility index (Phi) is 4.47. The third-order valence-electron chi connectivity index (χ3n) is 5.78. The fourth-order valence-electron chi connectivity index (χ4n) is 4.60. The summed E-state index contributed by atoms with van der Waals surface area (Å²) < 4.78 is 5.90. The Hall–Kier alpha value is -1.21. The van der Waals surface area contributed by atoms with E-state index in [1.165, 1.54) is 23.5 Å². The van der Waals surface area contributed by atoms with Crippen LogP contribution in [0.4, 0.5) is 0 Å². The summed E-state index contributed by atoms with van der Waals surface area (Å²) in [5.74, 6) is 1.47. The molecule has 0 aromatic heterocycles. The zero-order chi connectivity index (χ0) is 16.6. The van der Waals surface area contributed by atoms with E-state index in [-0.39, 0.29) is 20.6 Å². The first kappa shape index (κ1) is 16.3. The van der Waals surface area contributed by atoms with Gasteiger partial charge in [-0.15, -0.1) is 0 Å². The van der Waals surface area contributed by atoms with Gasteiger partial charge >= 0.3 is 0 Å². The zero-order valence-electron chi connectivity index (χ0n) is 14.1. The van der Waals surface area contributed by atoms with Gasteiger partial charge in [0.25, 0.3) is 0 Å². The maximum Gasteiger partial charge on any atom is 0.0701 e. The van der Waals surface area contributed by atoms with E-state index in [4.69, 9.17) is 9.84 Å². The lowest BCUT2D eigenvalue weighted by Gasteiger charge is -2.45. The molecule has 0 heterocycles. The van der Waals surface area contributed by atoms with Crippen molar-refractivity contribution in [1.82, 2.24) is 0 Å². The third-order valence-corrected chi connectivity index (χ3v) is 9.13. The number of benzene rings is 2. The number of hydrogen-bond acceptors (Lipinski definition) is 2. The third kappa shape index (κ3) is 2.62. The Morgan fingerprint density at radius 1 is 1.08 bits per heavy atom. The SMILES string of the molecule is C[C@@H](OCCO)C1C[C@@H]2C[C@]12P(c1ccccc1)c1ccccc1. The smallest absolute Gasteiger partial charge is 0.0701 e. The van der Waals surface area contributed by atoms with E-state index < -0.39 is 0 Å². The van der Waals surface area contributed by atoms with Crippen LogP contribution in [0, 0.1) is 11.8 Å². The molecule has 0 amide bonds. The van der Waals surface area contributed by atoms with Crippen molar-refractivity contribution in [2.75, 3.05) is 13.2 Å². The van der Waals surface area contributed by atoms with E-state index in [1.807, 2.05) is 0 Å². The molecule has 0 radical (unpaired) electrons. The number of rotatable bonds is 7. The molecule has 4 atom stereocenters. The minimum absolute atomic E-state index is 0.111. The fraction of sp³-hybridized carbons (Fsp3) is 0.429. The summed E-state index contributed by atoms with van der Waals surface area (Å²) in [6.45, 7) is 2.76. The van der Waals surface area contributed by atoms with Crippen LogP contribution < -0.4 is 10.6 Å². The Bertz CT molecular complexity index is 635. The molecule has 0 bridgehead atoms. The van der Waals surface area contributed by atoms with Crippen molar-refractivity contribution in [2.45, 2.75) is 31.0 Å². The summed E-state index contributed by atoms with van der Waals surface area (Å²) >= 11 is 0. The lowest BCUT2D eigenvalue weighted by atomic mass is 9.81. The molecule has 2 nitrogen and oxygen atoms in total. The highest BCUT2D eigenvalue weighted by Gasteiger charge is 2.72. The first-order valence-electron chi connectivity index (χ1n) is 8.90. The van der Waals surface area contributed by atoms with Crippen LogP contribution in [-0.2, 0) is 4.74 Å². The molecule has 2 aliphatic carbocycles. The van der Waals surface area contributed by atoms with E-state index in [2.05, 4.69) is 67.6 Å². The lowest BCUT2D eigenvalue weighted by Crippen LogP contribution is -2.45. The van der Waals surface area contributed by atoms with Crippen LogP contribution in [0.3, 0.4) is 0 Å². The van der Waals surface area contributed by atoms with E-state index in [0.29, 0.717) is 17.7 Å². The number of aliphatic hydroxyl groups excluding tert-OH is 1. The molecule has 3 heteroatoms. The Morgan fingerprint density at radius 2 is 1.67 bits per heavy atom. The van der Waals surface area contributed by atoms with E-state index in [1.54, 1.807) is 0 Å². The van der Waals surface area contributed by atoms with Gasteiger partial charge in [0.15, 0.2) is 0 Å². The van der Waals surface area contributed by atoms with Crippen molar-refractivity contribution >= 4 is 18.5 Å². The first-order valence-corrected chi connectivity index (χ1v) is 10.2. The molecule has 24 heavy (non-hydrogen) atoms. The average Bonchev–Trinajstić information content (AvgIpc) is 3.19. The molecule has 0 saturated heterocycles. The Morgan fingerprint density at radius 3 is 2.12 bits per heavy atom. The first-order chi connectivity index (χ1) is 11.8. The van der Waals surface area contributed by atoms with Crippen LogP contribution in [0.15, 0.2) is 60.7 Å². The molecule has 0 aliphatic heterocycles. The second-order valence-electron chi connectivity index (χ2n) is 7.04. The van der Waals surface area contributed by atoms with Gasteiger partial charge in [-0.2, -0.15) is 0 Å². The van der Waals surface area contributed by atoms with Crippen molar-refractivity contribution in [3.63, 3.8) is 0 Å². The van der Waals surface area contributed by atoms with Crippen molar-refractivity contribution in [1.29, 1.82) is 0 Å². The molecular formula is C21H25O2P. The van der Waals surface area contributed by atoms with Crippen LogP contribution in [0.2, 0.25) is 0 Å². The molecule has 2 aromatic rings. The van der Waals surface area contributed by atoms with Crippen LogP contribution in [0.25, 0.3) is 0 Å². The van der Waals surface area contributed by atoms with Crippen molar-refractivity contribution in [3.8, 4) is 0 Å². The van der Waals surface area contributed by atoms with E-state index in [0.717, 1.165) is 5.92 Å². The van der Waals surface area contributed by atoms with Crippen LogP contribution in [0.5, 0.6) is 0 Å². The summed E-state index contributed by atoms with van der Waals surface area (Å²) in [5, 5.41) is 12.5. The molecule has 2 fully saturated rings. The summed E-state index contributed by atoms with van der Waals surface area (Å²) in [4.78, 5) is 0. The van der Waals surface area contributed by atoms with Crippen LogP contribution >= 0.6 is 7.92 Å². The Balaban J connectivity index is 1.67. The predicted octanol–water partition coefficient (Wildman–Crippen LogP) is 3.30. The fourth-order valence-corrected chi connectivity index (χ4v) is 8.32. The van der Waals surface area contributed by atoms with Gasteiger partial charge in [0.1, 0.15) is 0 Å². The van der Waals surface area contributed by atoms with Gasteiger partial charge < -0.3 is 9.84 Å². The van der Waals surface area contributed by atoms with E-state index in [9.17, 15) is 0 Å². The topological polar surface area (TPSA) is 29.5 Å². The van der Waals surface area contributed by atoms with Crippen molar-refractivity contribution in [2.24, 2.45) is 11.8 Å². The second-order valence-corrected chi connectivity index (χ2v) is 9.58. The highest BCUT2D eigenvalue weighted by molar-refractivity contribution is 7.74. The molecule has 4 rings (SSSR count). The van der Waals surface area contributed by atoms with Gasteiger partial charge in [-0.1, -0.05) is 60.7 Å². The van der Waals surface area contributed by atoms with Gasteiger partial charge in [0.2, 0.25) is 0 Å². The maximum atomic E-state index is 9.07. The molecule has 0 spiro atoms. The highest BCUT2D eigenvalue weighted by atomic mass is 31.1. The van der Waals surface area contributed by atoms with Gasteiger partial charge in [-0.05, 0) is 50.1 Å². The summed E-state index contributed by atoms with van der Waals surface area (Å²) in [5.41, 5.74) is 0. The Labute approximate surface area is 145 Å². The second kappa shape index (κ2) is 6.59. The molecular weight excluding hydrogens is 315 g/mol. The quantitative estimate of drug-likeness (QED) is 0.784. The standard InChI is InChI=1S/C21H25O2P/c1-16(23-13-12-22)20-14-17-15-21(17,20)24(18-8-4-2-5-9-18)19-10-6-3-7-11-19/h2-11,16-17,20,22H,12-15H2,1H3/t16-,17-,20?,21-/m1/s1. The van der Waals surface area contributed by atoms with Gasteiger partial charge in [-0.3, -0.25) is 0 Å². The van der Waals surface area contributed by atoms with Crippen molar-refractivity contribution < 1.29 is 9.84 Å². The normalized spacial score (nSPS) is 29.0.